The standard InChI is InChI=1S/C28H26FNO3S/c1-16-12-20(29)13-17(2)25(16)26(32)28-27(23-10-7-21(31)14-24(23)34-28)33-22-8-5-18(6-9-22)19-4-3-11-30-15-19/h5-10,12-14,19,30-31H,3-4,11,15H2,1-2H3. The van der Waals surface area contributed by atoms with E-state index < -0.39 is 0 Å². The van der Waals surface area contributed by atoms with E-state index in [1.165, 1.54) is 41.9 Å². The van der Waals surface area contributed by atoms with Crippen LogP contribution in [0.15, 0.2) is 54.6 Å². The maximum Gasteiger partial charge on any atom is 0.207 e. The molecule has 0 saturated carbocycles. The van der Waals surface area contributed by atoms with Gasteiger partial charge >= 0.3 is 0 Å². The van der Waals surface area contributed by atoms with Crippen molar-refractivity contribution in [2.75, 3.05) is 13.1 Å². The van der Waals surface area contributed by atoms with Crippen molar-refractivity contribution in [2.45, 2.75) is 32.6 Å². The summed E-state index contributed by atoms with van der Waals surface area (Å²) in [6, 6.07) is 15.8. The van der Waals surface area contributed by atoms with Crippen molar-refractivity contribution < 1.29 is 19.0 Å². The molecule has 174 valence electrons. The zero-order chi connectivity index (χ0) is 23.8. The first-order valence-electron chi connectivity index (χ1n) is 11.5. The van der Waals surface area contributed by atoms with Crippen molar-refractivity contribution in [3.05, 3.63) is 87.5 Å². The van der Waals surface area contributed by atoms with Crippen LogP contribution in [0.25, 0.3) is 10.1 Å². The number of carbonyl (C=O) groups excluding carboxylic acids is 1. The molecule has 1 saturated heterocycles. The highest BCUT2D eigenvalue weighted by molar-refractivity contribution is 7.21. The van der Waals surface area contributed by atoms with E-state index in [-0.39, 0.29) is 17.3 Å². The Labute approximate surface area is 202 Å². The molecule has 5 rings (SSSR count). The van der Waals surface area contributed by atoms with Crippen LogP contribution in [0.3, 0.4) is 0 Å². The summed E-state index contributed by atoms with van der Waals surface area (Å²) in [5, 5.41) is 14.2. The van der Waals surface area contributed by atoms with Gasteiger partial charge in [-0.2, -0.15) is 0 Å². The molecule has 1 aromatic heterocycles. The fourth-order valence-electron chi connectivity index (χ4n) is 4.76. The van der Waals surface area contributed by atoms with Gasteiger partial charge in [-0.3, -0.25) is 4.79 Å². The molecule has 1 aliphatic heterocycles. The first-order chi connectivity index (χ1) is 16.4. The highest BCUT2D eigenvalue weighted by Crippen LogP contribution is 2.43. The SMILES string of the molecule is Cc1cc(F)cc(C)c1C(=O)c1sc2cc(O)ccc2c1Oc1ccc(C2CCCNC2)cc1. The Kier molecular flexibility index (Phi) is 6.11. The lowest BCUT2D eigenvalue weighted by Gasteiger charge is -2.23. The molecule has 0 aliphatic carbocycles. The summed E-state index contributed by atoms with van der Waals surface area (Å²) in [7, 11) is 0. The van der Waals surface area contributed by atoms with E-state index in [9.17, 15) is 14.3 Å². The van der Waals surface area contributed by atoms with Gasteiger partial charge in [-0.1, -0.05) is 12.1 Å². The number of phenolic OH excluding ortho intramolecular Hbond substituents is 1. The molecule has 34 heavy (non-hydrogen) atoms. The minimum Gasteiger partial charge on any atom is -0.508 e. The number of halogens is 1. The number of aromatic hydroxyl groups is 1. The van der Waals surface area contributed by atoms with Crippen LogP contribution < -0.4 is 10.1 Å². The van der Waals surface area contributed by atoms with Gasteiger partial charge in [-0.05, 0) is 98.3 Å². The largest absolute Gasteiger partial charge is 0.508 e. The minimum absolute atomic E-state index is 0.124. The third-order valence-electron chi connectivity index (χ3n) is 6.43. The van der Waals surface area contributed by atoms with Gasteiger partial charge in [-0.25, -0.2) is 4.39 Å². The third-order valence-corrected chi connectivity index (χ3v) is 7.56. The molecule has 0 bridgehead atoms. The highest BCUT2D eigenvalue weighted by Gasteiger charge is 2.25. The van der Waals surface area contributed by atoms with E-state index in [0.29, 0.717) is 39.0 Å². The number of carbonyl (C=O) groups is 1. The monoisotopic (exact) mass is 475 g/mol. The van der Waals surface area contributed by atoms with E-state index in [1.807, 2.05) is 12.1 Å². The van der Waals surface area contributed by atoms with Crippen LogP contribution in [0.4, 0.5) is 4.39 Å². The average molecular weight is 476 g/mol. The van der Waals surface area contributed by atoms with Crippen LogP contribution in [0, 0.1) is 19.7 Å². The molecule has 1 fully saturated rings. The Morgan fingerprint density at radius 3 is 2.50 bits per heavy atom. The normalized spacial score (nSPS) is 16.0. The topological polar surface area (TPSA) is 58.6 Å². The molecule has 0 radical (unpaired) electrons. The smallest absolute Gasteiger partial charge is 0.207 e. The molecule has 1 unspecified atom stereocenters. The molecule has 1 aliphatic rings. The van der Waals surface area contributed by atoms with Crippen LogP contribution in [-0.2, 0) is 0 Å². The van der Waals surface area contributed by atoms with Crippen LogP contribution in [-0.4, -0.2) is 24.0 Å². The minimum atomic E-state index is -0.363. The van der Waals surface area contributed by atoms with E-state index in [1.54, 1.807) is 32.0 Å². The summed E-state index contributed by atoms with van der Waals surface area (Å²) in [5.74, 6) is 1.14. The Hall–Kier alpha value is -3.22. The average Bonchev–Trinajstić information content (AvgIpc) is 3.16. The van der Waals surface area contributed by atoms with E-state index in [4.69, 9.17) is 4.74 Å². The summed E-state index contributed by atoms with van der Waals surface area (Å²) in [6.45, 7) is 5.53. The number of aryl methyl sites for hydroxylation is 2. The van der Waals surface area contributed by atoms with Gasteiger partial charge in [-0.15, -0.1) is 11.3 Å². The summed E-state index contributed by atoms with van der Waals surface area (Å²) >= 11 is 1.27. The lowest BCUT2D eigenvalue weighted by atomic mass is 9.92. The van der Waals surface area contributed by atoms with E-state index >= 15 is 0 Å². The van der Waals surface area contributed by atoms with Crippen molar-refractivity contribution in [3.63, 3.8) is 0 Å². The first kappa shape index (κ1) is 22.6. The highest BCUT2D eigenvalue weighted by atomic mass is 32.1. The predicted octanol–water partition coefficient (Wildman–Crippen LogP) is 6.85. The Morgan fingerprint density at radius 1 is 1.09 bits per heavy atom. The van der Waals surface area contributed by atoms with Crippen LogP contribution >= 0.6 is 11.3 Å². The first-order valence-corrected chi connectivity index (χ1v) is 12.3. The molecule has 6 heteroatoms. The van der Waals surface area contributed by atoms with Crippen molar-refractivity contribution in [3.8, 4) is 17.2 Å². The number of piperidine rings is 1. The van der Waals surface area contributed by atoms with Crippen molar-refractivity contribution >= 4 is 27.2 Å². The second-order valence-corrected chi connectivity index (χ2v) is 9.95. The number of benzene rings is 3. The van der Waals surface area contributed by atoms with Crippen LogP contribution in [0.5, 0.6) is 17.2 Å². The van der Waals surface area contributed by atoms with E-state index in [0.717, 1.165) is 23.2 Å². The summed E-state index contributed by atoms with van der Waals surface area (Å²) in [4.78, 5) is 14.1. The van der Waals surface area contributed by atoms with Gasteiger partial charge in [0.05, 0.1) is 0 Å². The second-order valence-electron chi connectivity index (χ2n) is 8.90. The van der Waals surface area contributed by atoms with Crippen molar-refractivity contribution in [1.82, 2.24) is 5.32 Å². The number of rotatable bonds is 5. The molecule has 3 aromatic carbocycles. The number of nitrogens with one attached hydrogen (secondary N) is 1. The van der Waals surface area contributed by atoms with Gasteiger partial charge in [0.25, 0.3) is 0 Å². The number of thiophene rings is 1. The van der Waals surface area contributed by atoms with Crippen molar-refractivity contribution in [2.24, 2.45) is 0 Å². The zero-order valence-electron chi connectivity index (χ0n) is 19.2. The lowest BCUT2D eigenvalue weighted by molar-refractivity contribution is 0.103. The Morgan fingerprint density at radius 2 is 1.82 bits per heavy atom. The fourth-order valence-corrected chi connectivity index (χ4v) is 5.87. The fraction of sp³-hybridized carbons (Fsp3) is 0.250. The molecule has 0 amide bonds. The number of ketones is 1. The number of hydrogen-bond donors (Lipinski definition) is 2. The molecular formula is C28H26FNO3S. The number of fused-ring (bicyclic) bond motifs is 1. The molecule has 0 spiro atoms. The van der Waals surface area contributed by atoms with Gasteiger partial charge in [0.2, 0.25) is 5.78 Å². The van der Waals surface area contributed by atoms with Crippen molar-refractivity contribution in [1.29, 1.82) is 0 Å². The second kappa shape index (κ2) is 9.20. The molecule has 4 aromatic rings. The third kappa shape index (κ3) is 4.31. The van der Waals surface area contributed by atoms with Gasteiger partial charge in [0, 0.05) is 22.2 Å². The number of ether oxygens (including phenoxy) is 1. The molecule has 4 nitrogen and oxygen atoms in total. The maximum absolute atomic E-state index is 13.9. The lowest BCUT2D eigenvalue weighted by Crippen LogP contribution is -2.28. The molecule has 1 atom stereocenters. The summed E-state index contributed by atoms with van der Waals surface area (Å²) in [5.41, 5.74) is 2.91. The predicted molar refractivity (Wildman–Crippen MR) is 134 cm³/mol. The van der Waals surface area contributed by atoms with Gasteiger partial charge in [0.15, 0.2) is 5.75 Å². The van der Waals surface area contributed by atoms with Gasteiger partial charge < -0.3 is 15.2 Å². The number of hydrogen-bond acceptors (Lipinski definition) is 5. The maximum atomic E-state index is 13.9. The Balaban J connectivity index is 1.54. The molecular weight excluding hydrogens is 449 g/mol. The van der Waals surface area contributed by atoms with Crippen LogP contribution in [0.2, 0.25) is 0 Å². The molecule has 2 heterocycles. The van der Waals surface area contributed by atoms with E-state index in [2.05, 4.69) is 17.4 Å². The van der Waals surface area contributed by atoms with Crippen LogP contribution in [0.1, 0.15) is 50.7 Å². The summed E-state index contributed by atoms with van der Waals surface area (Å²) in [6.07, 6.45) is 2.34. The zero-order valence-corrected chi connectivity index (χ0v) is 20.0. The van der Waals surface area contributed by atoms with Gasteiger partial charge in [0.1, 0.15) is 22.2 Å². The summed E-state index contributed by atoms with van der Waals surface area (Å²) < 4.78 is 20.9. The molecule has 2 N–H and O–H groups in total. The quantitative estimate of drug-likeness (QED) is 0.310. The Bertz CT molecular complexity index is 1350. The number of phenols is 1.